The monoisotopic (exact) mass is 287 g/mol. The standard InChI is InChI=1S/C15H10FNO2S/c1-8-13(15(18)19)17-14(20-8)11-6-7-12(16)10-5-3-2-4-9(10)11/h2-7H,1H3,(H,18,19). The zero-order valence-electron chi connectivity index (χ0n) is 10.6. The Morgan fingerprint density at radius 2 is 1.90 bits per heavy atom. The first-order valence-corrected chi connectivity index (χ1v) is 6.78. The highest BCUT2D eigenvalue weighted by molar-refractivity contribution is 7.15. The highest BCUT2D eigenvalue weighted by atomic mass is 32.1. The van der Waals surface area contributed by atoms with Gasteiger partial charge in [-0.1, -0.05) is 24.3 Å². The van der Waals surface area contributed by atoms with Gasteiger partial charge in [0.1, 0.15) is 10.8 Å². The van der Waals surface area contributed by atoms with Crippen LogP contribution in [0.4, 0.5) is 4.39 Å². The molecule has 100 valence electrons. The Morgan fingerprint density at radius 3 is 2.55 bits per heavy atom. The molecule has 1 aromatic heterocycles. The maximum Gasteiger partial charge on any atom is 0.355 e. The van der Waals surface area contributed by atoms with E-state index < -0.39 is 5.97 Å². The fourth-order valence-corrected chi connectivity index (χ4v) is 3.10. The second-order valence-corrected chi connectivity index (χ2v) is 5.57. The van der Waals surface area contributed by atoms with E-state index in [0.717, 1.165) is 10.9 Å². The molecule has 0 aliphatic carbocycles. The molecule has 2 aromatic carbocycles. The summed E-state index contributed by atoms with van der Waals surface area (Å²) in [6.07, 6.45) is 0. The normalized spacial score (nSPS) is 10.9. The molecule has 0 bridgehead atoms. The SMILES string of the molecule is Cc1sc(-c2ccc(F)c3ccccc23)nc1C(=O)O. The second-order valence-electron chi connectivity index (χ2n) is 4.37. The van der Waals surface area contributed by atoms with Crippen LogP contribution in [0.3, 0.4) is 0 Å². The Balaban J connectivity index is 2.28. The molecule has 0 spiro atoms. The van der Waals surface area contributed by atoms with Crippen molar-refractivity contribution in [3.05, 3.63) is 52.8 Å². The minimum Gasteiger partial charge on any atom is -0.476 e. The zero-order chi connectivity index (χ0) is 14.3. The lowest BCUT2D eigenvalue weighted by Crippen LogP contribution is -1.98. The van der Waals surface area contributed by atoms with Crippen LogP contribution in [0, 0.1) is 12.7 Å². The third-order valence-electron chi connectivity index (χ3n) is 3.10. The van der Waals surface area contributed by atoms with Crippen molar-refractivity contribution >= 4 is 28.1 Å². The Kier molecular flexibility index (Phi) is 2.99. The van der Waals surface area contributed by atoms with Crippen LogP contribution in [-0.4, -0.2) is 16.1 Å². The molecule has 0 atom stereocenters. The average molecular weight is 287 g/mol. The number of hydrogen-bond donors (Lipinski definition) is 1. The largest absolute Gasteiger partial charge is 0.476 e. The summed E-state index contributed by atoms with van der Waals surface area (Å²) in [4.78, 5) is 15.9. The van der Waals surface area contributed by atoms with E-state index in [1.54, 1.807) is 25.1 Å². The smallest absolute Gasteiger partial charge is 0.355 e. The number of aromatic carboxylic acids is 1. The quantitative estimate of drug-likeness (QED) is 0.771. The van der Waals surface area contributed by atoms with E-state index in [1.807, 2.05) is 12.1 Å². The van der Waals surface area contributed by atoms with E-state index in [4.69, 9.17) is 5.11 Å². The number of aromatic nitrogens is 1. The number of nitrogens with zero attached hydrogens (tertiary/aromatic N) is 1. The van der Waals surface area contributed by atoms with Crippen LogP contribution < -0.4 is 0 Å². The molecule has 3 rings (SSSR count). The molecule has 0 saturated carbocycles. The first-order chi connectivity index (χ1) is 9.58. The van der Waals surface area contributed by atoms with Crippen LogP contribution in [-0.2, 0) is 0 Å². The van der Waals surface area contributed by atoms with E-state index in [2.05, 4.69) is 4.98 Å². The minimum absolute atomic E-state index is 0.0541. The molecule has 0 radical (unpaired) electrons. The molecule has 0 saturated heterocycles. The number of carboxylic acid groups (broad SMARTS) is 1. The number of thiazole rings is 1. The number of benzene rings is 2. The Labute approximate surface area is 118 Å². The van der Waals surface area contributed by atoms with Gasteiger partial charge in [0.15, 0.2) is 5.69 Å². The van der Waals surface area contributed by atoms with Gasteiger partial charge in [-0.25, -0.2) is 14.2 Å². The zero-order valence-corrected chi connectivity index (χ0v) is 11.4. The molecule has 0 unspecified atom stereocenters. The second kappa shape index (κ2) is 4.68. The van der Waals surface area contributed by atoms with Crippen molar-refractivity contribution in [2.24, 2.45) is 0 Å². The maximum absolute atomic E-state index is 13.8. The Morgan fingerprint density at radius 1 is 1.20 bits per heavy atom. The number of halogens is 1. The van der Waals surface area contributed by atoms with E-state index in [1.165, 1.54) is 17.4 Å². The fourth-order valence-electron chi connectivity index (χ4n) is 2.16. The lowest BCUT2D eigenvalue weighted by molar-refractivity contribution is 0.0690. The summed E-state index contributed by atoms with van der Waals surface area (Å²) in [7, 11) is 0. The lowest BCUT2D eigenvalue weighted by Gasteiger charge is -2.04. The van der Waals surface area contributed by atoms with Crippen LogP contribution in [0.15, 0.2) is 36.4 Å². The Hall–Kier alpha value is -2.27. The minimum atomic E-state index is -1.04. The highest BCUT2D eigenvalue weighted by Crippen LogP contribution is 2.34. The first-order valence-electron chi connectivity index (χ1n) is 5.96. The molecule has 0 amide bonds. The molecule has 20 heavy (non-hydrogen) atoms. The third kappa shape index (κ3) is 1.96. The van der Waals surface area contributed by atoms with Crippen LogP contribution >= 0.6 is 11.3 Å². The van der Waals surface area contributed by atoms with E-state index in [9.17, 15) is 9.18 Å². The van der Waals surface area contributed by atoms with Crippen molar-refractivity contribution < 1.29 is 14.3 Å². The van der Waals surface area contributed by atoms with Crippen LogP contribution in [0.25, 0.3) is 21.3 Å². The topological polar surface area (TPSA) is 50.2 Å². The molecular formula is C15H10FNO2S. The van der Waals surface area contributed by atoms with Crippen LogP contribution in [0.1, 0.15) is 15.4 Å². The van der Waals surface area contributed by atoms with Crippen molar-refractivity contribution in [1.29, 1.82) is 0 Å². The third-order valence-corrected chi connectivity index (χ3v) is 4.10. The van der Waals surface area contributed by atoms with Crippen molar-refractivity contribution in [3.8, 4) is 10.6 Å². The van der Waals surface area contributed by atoms with Crippen molar-refractivity contribution in [2.45, 2.75) is 6.92 Å². The summed E-state index contributed by atoms with van der Waals surface area (Å²) in [5, 5.41) is 10.9. The fraction of sp³-hybridized carbons (Fsp3) is 0.0667. The lowest BCUT2D eigenvalue weighted by atomic mass is 10.0. The van der Waals surface area contributed by atoms with Gasteiger partial charge >= 0.3 is 5.97 Å². The van der Waals surface area contributed by atoms with Crippen molar-refractivity contribution in [1.82, 2.24) is 4.98 Å². The molecule has 1 N–H and O–H groups in total. The number of rotatable bonds is 2. The molecule has 0 fully saturated rings. The van der Waals surface area contributed by atoms with Crippen LogP contribution in [0.2, 0.25) is 0 Å². The van der Waals surface area contributed by atoms with Gasteiger partial charge in [-0.2, -0.15) is 0 Å². The van der Waals surface area contributed by atoms with Gasteiger partial charge in [0.2, 0.25) is 0 Å². The first kappa shape index (κ1) is 12.7. The van der Waals surface area contributed by atoms with Gasteiger partial charge in [0.25, 0.3) is 0 Å². The number of aryl methyl sites for hydroxylation is 1. The van der Waals surface area contributed by atoms with Crippen LogP contribution in [0.5, 0.6) is 0 Å². The predicted octanol–water partition coefficient (Wildman–Crippen LogP) is 4.11. The summed E-state index contributed by atoms with van der Waals surface area (Å²) >= 11 is 1.30. The summed E-state index contributed by atoms with van der Waals surface area (Å²) in [5.74, 6) is -1.34. The molecular weight excluding hydrogens is 277 g/mol. The van der Waals surface area contributed by atoms with Gasteiger partial charge in [-0.05, 0) is 24.4 Å². The summed E-state index contributed by atoms with van der Waals surface area (Å²) in [6, 6.07) is 10.1. The Bertz CT molecular complexity index is 826. The predicted molar refractivity (Wildman–Crippen MR) is 76.7 cm³/mol. The van der Waals surface area contributed by atoms with Gasteiger partial charge in [-0.15, -0.1) is 11.3 Å². The molecule has 0 aliphatic heterocycles. The average Bonchev–Trinajstić information content (AvgIpc) is 2.81. The summed E-state index contributed by atoms with van der Waals surface area (Å²) in [5.41, 5.74) is 0.806. The highest BCUT2D eigenvalue weighted by Gasteiger charge is 2.17. The number of fused-ring (bicyclic) bond motifs is 1. The van der Waals surface area contributed by atoms with Crippen molar-refractivity contribution in [2.75, 3.05) is 0 Å². The molecule has 1 heterocycles. The molecule has 5 heteroatoms. The van der Waals surface area contributed by atoms with E-state index in [0.29, 0.717) is 15.3 Å². The summed E-state index contributed by atoms with van der Waals surface area (Å²) < 4.78 is 13.8. The van der Waals surface area contributed by atoms with Crippen molar-refractivity contribution in [3.63, 3.8) is 0 Å². The van der Waals surface area contributed by atoms with Gasteiger partial charge < -0.3 is 5.11 Å². The van der Waals surface area contributed by atoms with E-state index >= 15 is 0 Å². The van der Waals surface area contributed by atoms with E-state index in [-0.39, 0.29) is 11.5 Å². The molecule has 3 aromatic rings. The van der Waals surface area contributed by atoms with Gasteiger partial charge in [-0.3, -0.25) is 0 Å². The molecule has 3 nitrogen and oxygen atoms in total. The van der Waals surface area contributed by atoms with Gasteiger partial charge in [0.05, 0.1) is 0 Å². The number of hydrogen-bond acceptors (Lipinski definition) is 3. The summed E-state index contributed by atoms with van der Waals surface area (Å²) in [6.45, 7) is 1.72. The number of carbonyl (C=O) groups is 1. The molecule has 0 aliphatic rings. The van der Waals surface area contributed by atoms with Gasteiger partial charge in [0, 0.05) is 15.8 Å². The number of carboxylic acids is 1. The maximum atomic E-state index is 13.8.